The summed E-state index contributed by atoms with van der Waals surface area (Å²) in [4.78, 5) is 2.28. The summed E-state index contributed by atoms with van der Waals surface area (Å²) in [5.41, 5.74) is 1.79. The van der Waals surface area contributed by atoms with Crippen molar-refractivity contribution in [1.29, 1.82) is 0 Å². The van der Waals surface area contributed by atoms with Gasteiger partial charge in [-0.05, 0) is 44.0 Å². The number of halogens is 1. The maximum Gasteiger partial charge on any atom is 0.146 e. The third-order valence-electron chi connectivity index (χ3n) is 4.05. The lowest BCUT2D eigenvalue weighted by molar-refractivity contribution is 0.539. The zero-order valence-electron chi connectivity index (χ0n) is 12.1. The van der Waals surface area contributed by atoms with Crippen LogP contribution < -0.4 is 10.2 Å². The highest BCUT2D eigenvalue weighted by atomic mass is 19.1. The van der Waals surface area contributed by atoms with Crippen molar-refractivity contribution in [3.05, 3.63) is 29.6 Å². The minimum atomic E-state index is -0.0758. The number of benzene rings is 1. The van der Waals surface area contributed by atoms with Gasteiger partial charge in [0, 0.05) is 19.1 Å². The van der Waals surface area contributed by atoms with Gasteiger partial charge in [-0.1, -0.05) is 25.8 Å². The van der Waals surface area contributed by atoms with Gasteiger partial charge in [0.25, 0.3) is 0 Å². The van der Waals surface area contributed by atoms with Crippen LogP contribution in [0.5, 0.6) is 0 Å². The first-order valence-corrected chi connectivity index (χ1v) is 7.46. The van der Waals surface area contributed by atoms with Gasteiger partial charge >= 0.3 is 0 Å². The molecule has 1 aromatic rings. The average molecular weight is 264 g/mol. The Labute approximate surface area is 116 Å². The third kappa shape index (κ3) is 3.47. The molecule has 106 valence electrons. The second kappa shape index (κ2) is 6.90. The van der Waals surface area contributed by atoms with E-state index < -0.39 is 0 Å². The van der Waals surface area contributed by atoms with E-state index in [1.54, 1.807) is 6.07 Å². The van der Waals surface area contributed by atoms with Gasteiger partial charge in [-0.2, -0.15) is 0 Å². The number of hydrogen-bond donors (Lipinski definition) is 1. The molecule has 3 heteroatoms. The quantitative estimate of drug-likeness (QED) is 0.892. The molecule has 0 aliphatic carbocycles. The first kappa shape index (κ1) is 14.3. The molecule has 1 unspecified atom stereocenters. The van der Waals surface area contributed by atoms with E-state index in [0.29, 0.717) is 12.6 Å². The van der Waals surface area contributed by atoms with Gasteiger partial charge in [-0.15, -0.1) is 0 Å². The summed E-state index contributed by atoms with van der Waals surface area (Å²) in [6, 6.07) is 6.15. The first-order chi connectivity index (χ1) is 9.26. The minimum absolute atomic E-state index is 0.0758. The molecule has 0 saturated carbocycles. The Bertz CT molecular complexity index is 406. The molecule has 2 rings (SSSR count). The van der Waals surface area contributed by atoms with Crippen molar-refractivity contribution in [2.45, 2.75) is 51.6 Å². The van der Waals surface area contributed by atoms with Gasteiger partial charge in [0.2, 0.25) is 0 Å². The van der Waals surface area contributed by atoms with Gasteiger partial charge in [0.1, 0.15) is 5.82 Å². The van der Waals surface area contributed by atoms with Gasteiger partial charge in [-0.25, -0.2) is 4.39 Å². The second-order valence-corrected chi connectivity index (χ2v) is 5.42. The van der Waals surface area contributed by atoms with Crippen LogP contribution in [0.25, 0.3) is 0 Å². The summed E-state index contributed by atoms with van der Waals surface area (Å²) in [6.07, 6.45) is 6.00. The van der Waals surface area contributed by atoms with E-state index in [1.165, 1.54) is 25.7 Å². The van der Waals surface area contributed by atoms with Crippen molar-refractivity contribution in [3.63, 3.8) is 0 Å². The SMILES string of the molecule is CCC1CCCCCN1c1ccc(CNC)cc1F. The van der Waals surface area contributed by atoms with Gasteiger partial charge in [-0.3, -0.25) is 0 Å². The van der Waals surface area contributed by atoms with Crippen LogP contribution in [0.1, 0.15) is 44.6 Å². The largest absolute Gasteiger partial charge is 0.366 e. The Morgan fingerprint density at radius 2 is 2.16 bits per heavy atom. The number of anilines is 1. The fraction of sp³-hybridized carbons (Fsp3) is 0.625. The maximum atomic E-state index is 14.3. The highest BCUT2D eigenvalue weighted by Gasteiger charge is 2.22. The fourth-order valence-electron chi connectivity index (χ4n) is 3.02. The number of nitrogens with one attached hydrogen (secondary N) is 1. The predicted octanol–water partition coefficient (Wildman–Crippen LogP) is 3.70. The fourth-order valence-corrected chi connectivity index (χ4v) is 3.02. The molecule has 1 N–H and O–H groups in total. The van der Waals surface area contributed by atoms with E-state index in [2.05, 4.69) is 17.1 Å². The highest BCUT2D eigenvalue weighted by molar-refractivity contribution is 5.50. The summed E-state index contributed by atoms with van der Waals surface area (Å²) in [6.45, 7) is 3.91. The predicted molar refractivity (Wildman–Crippen MR) is 79.1 cm³/mol. The monoisotopic (exact) mass is 264 g/mol. The number of hydrogen-bond acceptors (Lipinski definition) is 2. The minimum Gasteiger partial charge on any atom is -0.366 e. The van der Waals surface area contributed by atoms with E-state index in [4.69, 9.17) is 0 Å². The van der Waals surface area contributed by atoms with Crippen LogP contribution in [0.4, 0.5) is 10.1 Å². The Balaban J connectivity index is 2.23. The number of nitrogens with zero attached hydrogens (tertiary/aromatic N) is 1. The van der Waals surface area contributed by atoms with E-state index >= 15 is 0 Å². The summed E-state index contributed by atoms with van der Waals surface area (Å²) >= 11 is 0. The molecule has 0 bridgehead atoms. The molecule has 1 atom stereocenters. The molecule has 1 fully saturated rings. The van der Waals surface area contributed by atoms with Crippen LogP contribution in [-0.4, -0.2) is 19.6 Å². The van der Waals surface area contributed by atoms with Crippen LogP contribution in [0.2, 0.25) is 0 Å². The van der Waals surface area contributed by atoms with Crippen LogP contribution in [0, 0.1) is 5.82 Å². The summed E-state index contributed by atoms with van der Waals surface area (Å²) < 4.78 is 14.3. The highest BCUT2D eigenvalue weighted by Crippen LogP contribution is 2.28. The molecule has 1 aromatic carbocycles. The summed E-state index contributed by atoms with van der Waals surface area (Å²) in [7, 11) is 1.88. The Kier molecular flexibility index (Phi) is 5.20. The summed E-state index contributed by atoms with van der Waals surface area (Å²) in [5.74, 6) is -0.0758. The zero-order valence-corrected chi connectivity index (χ0v) is 12.1. The molecule has 2 nitrogen and oxygen atoms in total. The van der Waals surface area contributed by atoms with Crippen LogP contribution in [0.3, 0.4) is 0 Å². The third-order valence-corrected chi connectivity index (χ3v) is 4.05. The number of rotatable bonds is 4. The second-order valence-electron chi connectivity index (χ2n) is 5.42. The van der Waals surface area contributed by atoms with E-state index in [0.717, 1.165) is 24.2 Å². The molecule has 0 radical (unpaired) electrons. The van der Waals surface area contributed by atoms with Crippen molar-refractivity contribution < 1.29 is 4.39 Å². The molecule has 19 heavy (non-hydrogen) atoms. The molecule has 0 aromatic heterocycles. The molecular weight excluding hydrogens is 239 g/mol. The van der Waals surface area contributed by atoms with E-state index in [-0.39, 0.29) is 5.82 Å². The molecule has 0 spiro atoms. The standard InChI is InChI=1S/C16H25FN2/c1-3-14-7-5-4-6-10-19(14)16-9-8-13(12-18-2)11-15(16)17/h8-9,11,14,18H,3-7,10,12H2,1-2H3. The smallest absolute Gasteiger partial charge is 0.146 e. The maximum absolute atomic E-state index is 14.3. The average Bonchev–Trinajstić information content (AvgIpc) is 2.64. The Hall–Kier alpha value is -1.09. The molecule has 1 saturated heterocycles. The normalized spacial score (nSPS) is 20.4. The van der Waals surface area contributed by atoms with Crippen LogP contribution in [0.15, 0.2) is 18.2 Å². The molecular formula is C16H25FN2. The molecule has 1 aliphatic heterocycles. The van der Waals surface area contributed by atoms with Crippen molar-refractivity contribution in [2.75, 3.05) is 18.5 Å². The Morgan fingerprint density at radius 3 is 2.84 bits per heavy atom. The van der Waals surface area contributed by atoms with Crippen molar-refractivity contribution in [1.82, 2.24) is 5.32 Å². The van der Waals surface area contributed by atoms with Crippen molar-refractivity contribution in [2.24, 2.45) is 0 Å². The molecule has 1 heterocycles. The zero-order chi connectivity index (χ0) is 13.7. The lowest BCUT2D eigenvalue weighted by Gasteiger charge is -2.32. The van der Waals surface area contributed by atoms with E-state index in [9.17, 15) is 4.39 Å². The van der Waals surface area contributed by atoms with Gasteiger partial charge < -0.3 is 10.2 Å². The van der Waals surface area contributed by atoms with Crippen molar-refractivity contribution >= 4 is 5.69 Å². The topological polar surface area (TPSA) is 15.3 Å². The van der Waals surface area contributed by atoms with Crippen LogP contribution in [-0.2, 0) is 6.54 Å². The van der Waals surface area contributed by atoms with Gasteiger partial charge in [0.15, 0.2) is 0 Å². The van der Waals surface area contributed by atoms with E-state index in [1.807, 2.05) is 19.2 Å². The lowest BCUT2D eigenvalue weighted by atomic mass is 10.1. The van der Waals surface area contributed by atoms with Gasteiger partial charge in [0.05, 0.1) is 5.69 Å². The molecule has 1 aliphatic rings. The Morgan fingerprint density at radius 1 is 1.32 bits per heavy atom. The molecule has 0 amide bonds. The van der Waals surface area contributed by atoms with Crippen molar-refractivity contribution in [3.8, 4) is 0 Å². The first-order valence-electron chi connectivity index (χ1n) is 7.46. The van der Waals surface area contributed by atoms with Crippen LogP contribution >= 0.6 is 0 Å². The summed E-state index contributed by atoms with van der Waals surface area (Å²) in [5, 5.41) is 3.06. The lowest BCUT2D eigenvalue weighted by Crippen LogP contribution is -2.35.